The van der Waals surface area contributed by atoms with Gasteiger partial charge in [-0.25, -0.2) is 4.79 Å². The number of nitrogens with one attached hydrogen (secondary N) is 1. The zero-order chi connectivity index (χ0) is 19.1. The molecule has 0 atom stereocenters. The zero-order valence-corrected chi connectivity index (χ0v) is 14.7. The second kappa shape index (κ2) is 8.66. The molecular weight excluding hydrogens is 330 g/mol. The van der Waals surface area contributed by atoms with Crippen molar-refractivity contribution in [1.29, 1.82) is 0 Å². The van der Waals surface area contributed by atoms with Gasteiger partial charge < -0.3 is 21.7 Å². The molecule has 7 nitrogen and oxygen atoms in total. The molecule has 26 heavy (non-hydrogen) atoms. The Morgan fingerprint density at radius 3 is 2.54 bits per heavy atom. The molecule has 2 aromatic rings. The molecule has 1 heterocycles. The van der Waals surface area contributed by atoms with E-state index < -0.39 is 6.03 Å². The van der Waals surface area contributed by atoms with Crippen molar-refractivity contribution in [1.82, 2.24) is 9.88 Å². The van der Waals surface area contributed by atoms with Gasteiger partial charge in [0.05, 0.1) is 11.4 Å². The fraction of sp³-hybridized carbons (Fsp3) is 0.211. The molecular formula is C19H23N5O2. The molecule has 0 saturated heterocycles. The number of benzene rings is 1. The molecule has 1 aromatic carbocycles. The van der Waals surface area contributed by atoms with Gasteiger partial charge in [-0.3, -0.25) is 9.78 Å². The van der Waals surface area contributed by atoms with Crippen LogP contribution in [-0.2, 0) is 6.54 Å². The summed E-state index contributed by atoms with van der Waals surface area (Å²) in [4.78, 5) is 29.5. The topological polar surface area (TPSA) is 114 Å². The standard InChI is InChI=1S/C19H23N5O2/c1-13(2)9-10-24(19(21)26)12-14-7-8-17(22-11-14)18(25)23-16-6-4-3-5-15(16)20/h3-8,11H,1,9-10,12,20H2,2H3,(H2,21,26)(H,23,25). The van der Waals surface area contributed by atoms with Crippen LogP contribution in [0, 0.1) is 0 Å². The average molecular weight is 353 g/mol. The number of nitrogens with zero attached hydrogens (tertiary/aromatic N) is 2. The Balaban J connectivity index is 2.02. The normalized spacial score (nSPS) is 10.2. The van der Waals surface area contributed by atoms with E-state index in [1.54, 1.807) is 42.6 Å². The van der Waals surface area contributed by atoms with Crippen LogP contribution in [0.25, 0.3) is 0 Å². The van der Waals surface area contributed by atoms with E-state index in [4.69, 9.17) is 11.5 Å². The molecule has 0 fully saturated rings. The van der Waals surface area contributed by atoms with Crippen LogP contribution in [0.15, 0.2) is 54.7 Å². The highest BCUT2D eigenvalue weighted by Crippen LogP contribution is 2.17. The molecule has 0 unspecified atom stereocenters. The summed E-state index contributed by atoms with van der Waals surface area (Å²) in [7, 11) is 0. The molecule has 0 aliphatic heterocycles. The highest BCUT2D eigenvalue weighted by atomic mass is 16.2. The van der Waals surface area contributed by atoms with Crippen LogP contribution in [0.2, 0.25) is 0 Å². The molecule has 136 valence electrons. The second-order valence-corrected chi connectivity index (χ2v) is 6.06. The van der Waals surface area contributed by atoms with Gasteiger partial charge in [0.25, 0.3) is 5.91 Å². The van der Waals surface area contributed by atoms with E-state index in [1.165, 1.54) is 4.90 Å². The fourth-order valence-electron chi connectivity index (χ4n) is 2.26. The quantitative estimate of drug-likeness (QED) is 0.524. The van der Waals surface area contributed by atoms with Gasteiger partial charge in [-0.1, -0.05) is 23.8 Å². The number of hydrogen-bond acceptors (Lipinski definition) is 4. The number of nitrogens with two attached hydrogens (primary N) is 2. The summed E-state index contributed by atoms with van der Waals surface area (Å²) in [6, 6.07) is 9.83. The number of para-hydroxylation sites is 2. The van der Waals surface area contributed by atoms with Gasteiger partial charge in [-0.05, 0) is 37.1 Å². The van der Waals surface area contributed by atoms with Gasteiger partial charge in [-0.2, -0.15) is 0 Å². The lowest BCUT2D eigenvalue weighted by molar-refractivity contribution is 0.102. The first kappa shape index (κ1) is 19.0. The Hall–Kier alpha value is -3.35. The highest BCUT2D eigenvalue weighted by molar-refractivity contribution is 6.04. The Morgan fingerprint density at radius 2 is 1.96 bits per heavy atom. The van der Waals surface area contributed by atoms with Gasteiger partial charge in [-0.15, -0.1) is 6.58 Å². The lowest BCUT2D eigenvalue weighted by atomic mass is 10.2. The minimum Gasteiger partial charge on any atom is -0.397 e. The molecule has 0 saturated carbocycles. The molecule has 7 heteroatoms. The van der Waals surface area contributed by atoms with E-state index >= 15 is 0 Å². The van der Waals surface area contributed by atoms with Gasteiger partial charge in [0.1, 0.15) is 5.69 Å². The first-order valence-corrected chi connectivity index (χ1v) is 8.16. The third-order valence-corrected chi connectivity index (χ3v) is 3.76. The molecule has 3 amide bonds. The van der Waals surface area contributed by atoms with Crippen LogP contribution < -0.4 is 16.8 Å². The minimum absolute atomic E-state index is 0.254. The highest BCUT2D eigenvalue weighted by Gasteiger charge is 2.12. The zero-order valence-electron chi connectivity index (χ0n) is 14.7. The van der Waals surface area contributed by atoms with Gasteiger partial charge in [0.15, 0.2) is 0 Å². The number of hydrogen-bond donors (Lipinski definition) is 3. The number of aromatic nitrogens is 1. The van der Waals surface area contributed by atoms with E-state index in [2.05, 4.69) is 16.9 Å². The van der Waals surface area contributed by atoms with Crippen molar-refractivity contribution in [2.45, 2.75) is 19.9 Å². The molecule has 0 aliphatic carbocycles. The number of amides is 3. The second-order valence-electron chi connectivity index (χ2n) is 6.06. The van der Waals surface area contributed by atoms with Gasteiger partial charge in [0.2, 0.25) is 0 Å². The van der Waals surface area contributed by atoms with E-state index in [1.807, 2.05) is 6.92 Å². The summed E-state index contributed by atoms with van der Waals surface area (Å²) in [5.41, 5.74) is 14.2. The smallest absolute Gasteiger partial charge is 0.315 e. The number of carbonyl (C=O) groups excluding carboxylic acids is 2. The Labute approximate surface area is 152 Å². The monoisotopic (exact) mass is 353 g/mol. The van der Waals surface area contributed by atoms with E-state index in [0.29, 0.717) is 30.9 Å². The number of rotatable bonds is 7. The summed E-state index contributed by atoms with van der Waals surface area (Å²) >= 11 is 0. The van der Waals surface area contributed by atoms with Crippen LogP contribution >= 0.6 is 0 Å². The van der Waals surface area contributed by atoms with Gasteiger partial charge in [0, 0.05) is 19.3 Å². The van der Waals surface area contributed by atoms with Gasteiger partial charge >= 0.3 is 6.03 Å². The average Bonchev–Trinajstić information content (AvgIpc) is 2.60. The SMILES string of the molecule is C=C(C)CCN(Cc1ccc(C(=O)Nc2ccccc2N)nc1)C(N)=O. The molecule has 0 radical (unpaired) electrons. The van der Waals surface area contributed by atoms with Crippen molar-refractivity contribution in [3.8, 4) is 0 Å². The number of urea groups is 1. The number of anilines is 2. The largest absolute Gasteiger partial charge is 0.397 e. The Bertz CT molecular complexity index is 802. The van der Waals surface area contributed by atoms with Crippen molar-refractivity contribution >= 4 is 23.3 Å². The molecule has 5 N–H and O–H groups in total. The Kier molecular flexibility index (Phi) is 6.32. The number of primary amides is 1. The lowest BCUT2D eigenvalue weighted by Crippen LogP contribution is -2.36. The summed E-state index contributed by atoms with van der Waals surface area (Å²) in [5.74, 6) is -0.358. The molecule has 2 rings (SSSR count). The van der Waals surface area contributed by atoms with Crippen molar-refractivity contribution in [3.05, 3.63) is 66.0 Å². The van der Waals surface area contributed by atoms with E-state index in [0.717, 1.165) is 11.1 Å². The molecule has 1 aromatic heterocycles. The fourth-order valence-corrected chi connectivity index (χ4v) is 2.26. The van der Waals surface area contributed by atoms with E-state index in [9.17, 15) is 9.59 Å². The van der Waals surface area contributed by atoms with Crippen LogP contribution in [0.1, 0.15) is 29.4 Å². The first-order valence-electron chi connectivity index (χ1n) is 8.16. The van der Waals surface area contributed by atoms with Crippen molar-refractivity contribution < 1.29 is 9.59 Å². The lowest BCUT2D eigenvalue weighted by Gasteiger charge is -2.20. The summed E-state index contributed by atoms with van der Waals surface area (Å²) in [6.07, 6.45) is 2.23. The summed E-state index contributed by atoms with van der Waals surface area (Å²) < 4.78 is 0. The number of pyridine rings is 1. The van der Waals surface area contributed by atoms with Crippen molar-refractivity contribution in [2.24, 2.45) is 5.73 Å². The first-order chi connectivity index (χ1) is 12.4. The van der Waals surface area contributed by atoms with Crippen molar-refractivity contribution in [2.75, 3.05) is 17.6 Å². The summed E-state index contributed by atoms with van der Waals surface area (Å²) in [5, 5.41) is 2.72. The summed E-state index contributed by atoms with van der Waals surface area (Å²) in [6.45, 7) is 6.53. The maximum absolute atomic E-state index is 12.3. The van der Waals surface area contributed by atoms with Crippen LogP contribution in [0.5, 0.6) is 0 Å². The van der Waals surface area contributed by atoms with Crippen LogP contribution in [0.3, 0.4) is 0 Å². The predicted octanol–water partition coefficient (Wildman–Crippen LogP) is 2.76. The van der Waals surface area contributed by atoms with Crippen LogP contribution in [0.4, 0.5) is 16.2 Å². The maximum Gasteiger partial charge on any atom is 0.315 e. The molecule has 0 aliphatic rings. The third-order valence-electron chi connectivity index (χ3n) is 3.76. The number of nitrogen functional groups attached to an aromatic ring is 1. The number of carbonyl (C=O) groups is 2. The van der Waals surface area contributed by atoms with Crippen molar-refractivity contribution in [3.63, 3.8) is 0 Å². The van der Waals surface area contributed by atoms with Crippen LogP contribution in [-0.4, -0.2) is 28.4 Å². The third kappa shape index (κ3) is 5.34. The Morgan fingerprint density at radius 1 is 1.23 bits per heavy atom. The van der Waals surface area contributed by atoms with E-state index in [-0.39, 0.29) is 11.6 Å². The minimum atomic E-state index is -0.507. The predicted molar refractivity (Wildman–Crippen MR) is 102 cm³/mol. The maximum atomic E-state index is 12.3. The molecule has 0 bridgehead atoms. The molecule has 0 spiro atoms.